The van der Waals surface area contributed by atoms with Gasteiger partial charge >= 0.3 is 0 Å². The number of pyridine rings is 1. The van der Waals surface area contributed by atoms with Gasteiger partial charge in [-0.25, -0.2) is 0 Å². The van der Waals surface area contributed by atoms with Gasteiger partial charge in [-0.1, -0.05) is 168 Å². The fourth-order valence-electron chi connectivity index (χ4n) is 8.38. The summed E-state index contributed by atoms with van der Waals surface area (Å²) in [5.74, 6) is 0. The van der Waals surface area contributed by atoms with E-state index in [1.165, 1.54) is 72.1 Å². The first-order valence-electron chi connectivity index (χ1n) is 17.5. The van der Waals surface area contributed by atoms with Gasteiger partial charge in [0.05, 0.1) is 10.9 Å². The zero-order chi connectivity index (χ0) is 33.7. The third-order valence-corrected chi connectivity index (χ3v) is 10.9. The van der Waals surface area contributed by atoms with E-state index in [1.807, 2.05) is 0 Å². The van der Waals surface area contributed by atoms with Crippen molar-refractivity contribution in [1.82, 2.24) is 4.98 Å². The Kier molecular flexibility index (Phi) is 7.46. The van der Waals surface area contributed by atoms with Crippen LogP contribution in [-0.2, 0) is 36.4 Å². The molecule has 0 amide bonds. The van der Waals surface area contributed by atoms with Gasteiger partial charge in [-0.2, -0.15) is 0 Å². The van der Waals surface area contributed by atoms with Crippen molar-refractivity contribution in [1.29, 1.82) is 0 Å². The van der Waals surface area contributed by atoms with Gasteiger partial charge in [-0.05, 0) is 72.7 Å². The van der Waals surface area contributed by atoms with Crippen molar-refractivity contribution < 1.29 is 20.1 Å². The maximum atomic E-state index is 5.32. The SMILES string of the molecule is CC(C)(C)c1cc(-c2cccc3nc(-c4[c-]cc5c(c4)C4(c6ccccc6-c6ccccc64)c4ccccc4-5)ccc23)cc(C(C)(C)C)c1.[Ir]. The fraction of sp³-hybridized carbons (Fsp3) is 0.188. The molecule has 0 unspecified atom stereocenters. The summed E-state index contributed by atoms with van der Waals surface area (Å²) >= 11 is 0. The van der Waals surface area contributed by atoms with Gasteiger partial charge < -0.3 is 0 Å². The molecule has 50 heavy (non-hydrogen) atoms. The fourth-order valence-corrected chi connectivity index (χ4v) is 8.38. The molecule has 0 N–H and O–H groups in total. The predicted molar refractivity (Wildman–Crippen MR) is 205 cm³/mol. The summed E-state index contributed by atoms with van der Waals surface area (Å²) in [6, 6.07) is 53.2. The molecule has 1 nitrogen and oxygen atoms in total. The molecule has 1 spiro atoms. The summed E-state index contributed by atoms with van der Waals surface area (Å²) in [6.45, 7) is 13.8. The van der Waals surface area contributed by atoms with Crippen LogP contribution >= 0.6 is 0 Å². The Hall–Kier alpha value is -4.62. The molecule has 0 atom stereocenters. The van der Waals surface area contributed by atoms with Crippen molar-refractivity contribution in [2.24, 2.45) is 0 Å². The van der Waals surface area contributed by atoms with Crippen molar-refractivity contribution >= 4 is 10.9 Å². The van der Waals surface area contributed by atoms with Crippen LogP contribution in [0.15, 0.2) is 133 Å². The Morgan fingerprint density at radius 2 is 1.02 bits per heavy atom. The van der Waals surface area contributed by atoms with Crippen LogP contribution in [0.25, 0.3) is 55.5 Å². The topological polar surface area (TPSA) is 12.9 Å². The average Bonchev–Trinajstić information content (AvgIpc) is 3.57. The number of hydrogen-bond acceptors (Lipinski definition) is 1. The number of nitrogens with zero attached hydrogens (tertiary/aromatic N) is 1. The van der Waals surface area contributed by atoms with Crippen LogP contribution in [0.5, 0.6) is 0 Å². The van der Waals surface area contributed by atoms with Crippen LogP contribution in [0.2, 0.25) is 0 Å². The van der Waals surface area contributed by atoms with E-state index in [-0.39, 0.29) is 36.4 Å². The zero-order valence-corrected chi connectivity index (χ0v) is 31.9. The first-order chi connectivity index (χ1) is 23.5. The molecule has 7 aromatic rings. The van der Waals surface area contributed by atoms with E-state index in [4.69, 9.17) is 4.98 Å². The van der Waals surface area contributed by atoms with Gasteiger partial charge in [0.1, 0.15) is 0 Å². The maximum Gasteiger partial charge on any atom is 0.0601 e. The molecule has 2 aliphatic carbocycles. The molecule has 2 heteroatoms. The van der Waals surface area contributed by atoms with Crippen molar-refractivity contribution in [3.05, 3.63) is 173 Å². The Morgan fingerprint density at radius 1 is 0.500 bits per heavy atom. The quantitative estimate of drug-likeness (QED) is 0.158. The van der Waals surface area contributed by atoms with Gasteiger partial charge in [0.2, 0.25) is 0 Å². The minimum atomic E-state index is -0.379. The van der Waals surface area contributed by atoms with Gasteiger partial charge in [0.15, 0.2) is 0 Å². The Balaban J connectivity index is 0.00000361. The number of rotatable bonds is 2. The summed E-state index contributed by atoms with van der Waals surface area (Å²) in [5, 5.41) is 1.17. The Morgan fingerprint density at radius 3 is 1.58 bits per heavy atom. The zero-order valence-electron chi connectivity index (χ0n) is 29.5. The minimum absolute atomic E-state index is 0. The molecule has 0 aliphatic heterocycles. The number of fused-ring (bicyclic) bond motifs is 11. The monoisotopic (exact) mass is 823 g/mol. The van der Waals surface area contributed by atoms with Crippen molar-refractivity contribution in [2.75, 3.05) is 0 Å². The summed E-state index contributed by atoms with van der Waals surface area (Å²) in [6.07, 6.45) is 0. The summed E-state index contributed by atoms with van der Waals surface area (Å²) in [5.41, 5.74) is 18.4. The van der Waals surface area contributed by atoms with Crippen LogP contribution in [0.1, 0.15) is 74.9 Å². The van der Waals surface area contributed by atoms with Crippen LogP contribution < -0.4 is 0 Å². The normalized spacial score (nSPS) is 13.8. The number of benzene rings is 6. The molecule has 0 bridgehead atoms. The molecule has 0 saturated carbocycles. The molecule has 0 saturated heterocycles. The van der Waals surface area contributed by atoms with Gasteiger partial charge in [-0.15, -0.1) is 29.3 Å². The standard InChI is InChI=1S/C48H40N.Ir/c1-46(2,3)32-26-31(27-33(29-32)47(4,5)6)34-17-13-21-45-39(34)24-25-44(49-45)30-22-23-38-37-16-9-12-20-42(37)48(43(38)28-30)40-18-10-7-14-35(40)36-15-8-11-19-41(36)48;/h7-21,23-29H,1-6H3;/q-1;. The van der Waals surface area contributed by atoms with Gasteiger partial charge in [0, 0.05) is 25.5 Å². The Bertz CT molecular complexity index is 2380. The summed E-state index contributed by atoms with van der Waals surface area (Å²) in [4.78, 5) is 5.32. The maximum absolute atomic E-state index is 5.32. The second-order valence-electron chi connectivity index (χ2n) is 15.9. The molecule has 9 rings (SSSR count). The van der Waals surface area contributed by atoms with Crippen LogP contribution in [0, 0.1) is 6.07 Å². The average molecular weight is 823 g/mol. The van der Waals surface area contributed by atoms with Crippen molar-refractivity contribution in [2.45, 2.75) is 57.8 Å². The largest absolute Gasteiger partial charge is 0.296 e. The van der Waals surface area contributed by atoms with Gasteiger partial charge in [0.25, 0.3) is 0 Å². The number of hydrogen-bond donors (Lipinski definition) is 0. The third kappa shape index (κ3) is 4.73. The molecule has 6 aromatic carbocycles. The van der Waals surface area contributed by atoms with Crippen molar-refractivity contribution in [3.63, 3.8) is 0 Å². The second kappa shape index (κ2) is 11.5. The van der Waals surface area contributed by atoms with E-state index < -0.39 is 0 Å². The Labute approximate surface area is 309 Å². The molecule has 1 heterocycles. The van der Waals surface area contributed by atoms with Gasteiger partial charge in [-0.3, -0.25) is 4.98 Å². The van der Waals surface area contributed by atoms with E-state index in [9.17, 15) is 0 Å². The second-order valence-corrected chi connectivity index (χ2v) is 15.9. The molecular formula is C48H40IrN-. The molecule has 247 valence electrons. The van der Waals surface area contributed by atoms with E-state index in [0.29, 0.717) is 0 Å². The molecule has 1 aromatic heterocycles. The predicted octanol–water partition coefficient (Wildman–Crippen LogP) is 12.3. The smallest absolute Gasteiger partial charge is 0.0601 e. The summed E-state index contributed by atoms with van der Waals surface area (Å²) in [7, 11) is 0. The van der Waals surface area contributed by atoms with E-state index >= 15 is 0 Å². The molecule has 2 aliphatic rings. The van der Waals surface area contributed by atoms with E-state index in [1.54, 1.807) is 0 Å². The molecule has 1 radical (unpaired) electrons. The van der Waals surface area contributed by atoms with Crippen LogP contribution in [0.4, 0.5) is 0 Å². The van der Waals surface area contributed by atoms with Crippen LogP contribution in [0.3, 0.4) is 0 Å². The van der Waals surface area contributed by atoms with E-state index in [0.717, 1.165) is 16.8 Å². The van der Waals surface area contributed by atoms with Crippen LogP contribution in [-0.4, -0.2) is 4.98 Å². The van der Waals surface area contributed by atoms with E-state index in [2.05, 4.69) is 181 Å². The minimum Gasteiger partial charge on any atom is -0.296 e. The first kappa shape index (κ1) is 32.6. The summed E-state index contributed by atoms with van der Waals surface area (Å²) < 4.78 is 0. The third-order valence-electron chi connectivity index (χ3n) is 10.9. The molecular weight excluding hydrogens is 783 g/mol. The first-order valence-corrected chi connectivity index (χ1v) is 17.5. The molecule has 0 fully saturated rings. The van der Waals surface area contributed by atoms with Crippen molar-refractivity contribution in [3.8, 4) is 44.6 Å². The number of aromatic nitrogens is 1.